The Labute approximate surface area is 223 Å². The standard InChI is InChI=1S/C31H32N4OS/c1-21-8-6-9-22(2)30(21)28-18-29-33-31(32-28)34-37-27-13-7-12-24(17-27)25-14-15-35(20-26(16-25)36-29)19-23-10-4-3-5-11-23/h3-13,17-18,25-26H,14-16,19-20H2,1-2H3,(H,32,33,34)/t25?,26-/m1/s1. The number of fused-ring (bicyclic) bond motifs is 7. The fourth-order valence-electron chi connectivity index (χ4n) is 5.59. The number of aryl methyl sites for hydroxylation is 2. The highest BCUT2D eigenvalue weighted by molar-refractivity contribution is 8.00. The molecule has 1 saturated heterocycles. The molecule has 0 amide bonds. The lowest BCUT2D eigenvalue weighted by molar-refractivity contribution is 0.132. The van der Waals surface area contributed by atoms with Crippen LogP contribution in [0.25, 0.3) is 11.3 Å². The van der Waals surface area contributed by atoms with Crippen LogP contribution in [0.4, 0.5) is 5.95 Å². The molecule has 6 rings (SSSR count). The van der Waals surface area contributed by atoms with E-state index in [2.05, 4.69) is 96.3 Å². The Hall–Kier alpha value is -3.35. The Morgan fingerprint density at radius 3 is 2.59 bits per heavy atom. The second-order valence-electron chi connectivity index (χ2n) is 10.1. The first-order chi connectivity index (χ1) is 18.1. The van der Waals surface area contributed by atoms with Gasteiger partial charge in [-0.25, -0.2) is 4.98 Å². The number of aromatic nitrogens is 2. The van der Waals surface area contributed by atoms with E-state index in [-0.39, 0.29) is 6.10 Å². The number of likely N-dealkylation sites (tertiary alicyclic amines) is 1. The van der Waals surface area contributed by atoms with E-state index in [9.17, 15) is 0 Å². The van der Waals surface area contributed by atoms with Crippen LogP contribution in [0.3, 0.4) is 0 Å². The van der Waals surface area contributed by atoms with E-state index in [1.165, 1.54) is 27.1 Å². The molecule has 1 fully saturated rings. The monoisotopic (exact) mass is 508 g/mol. The normalized spacial score (nSPS) is 19.5. The zero-order valence-corrected chi connectivity index (χ0v) is 22.2. The Morgan fingerprint density at radius 2 is 1.76 bits per heavy atom. The predicted molar refractivity (Wildman–Crippen MR) is 151 cm³/mol. The molecule has 2 aliphatic rings. The number of nitrogens with zero attached hydrogens (tertiary/aromatic N) is 3. The highest BCUT2D eigenvalue weighted by atomic mass is 32.2. The second-order valence-corrected chi connectivity index (χ2v) is 11.0. The Balaban J connectivity index is 1.39. The molecule has 2 aliphatic heterocycles. The Bertz CT molecular complexity index is 1370. The van der Waals surface area contributed by atoms with Crippen molar-refractivity contribution in [3.63, 3.8) is 0 Å². The minimum Gasteiger partial charge on any atom is -0.473 e. The van der Waals surface area contributed by atoms with Crippen molar-refractivity contribution in [3.8, 4) is 17.1 Å². The lowest BCUT2D eigenvalue weighted by Crippen LogP contribution is -2.34. The summed E-state index contributed by atoms with van der Waals surface area (Å²) >= 11 is 1.56. The molecule has 3 aromatic carbocycles. The van der Waals surface area contributed by atoms with Crippen molar-refractivity contribution >= 4 is 17.9 Å². The number of hydrogen-bond acceptors (Lipinski definition) is 6. The molecule has 0 aliphatic carbocycles. The highest BCUT2D eigenvalue weighted by Gasteiger charge is 2.28. The molecular formula is C31H32N4OS. The molecule has 2 atom stereocenters. The highest BCUT2D eigenvalue weighted by Crippen LogP contribution is 2.35. The van der Waals surface area contributed by atoms with Gasteiger partial charge < -0.3 is 4.74 Å². The maximum atomic E-state index is 6.72. The van der Waals surface area contributed by atoms with E-state index >= 15 is 0 Å². The zero-order valence-electron chi connectivity index (χ0n) is 21.4. The molecule has 1 unspecified atom stereocenters. The topological polar surface area (TPSA) is 50.3 Å². The lowest BCUT2D eigenvalue weighted by Gasteiger charge is -2.25. The van der Waals surface area contributed by atoms with E-state index in [1.54, 1.807) is 11.9 Å². The maximum Gasteiger partial charge on any atom is 0.237 e. The first-order valence-corrected chi connectivity index (χ1v) is 13.8. The minimum absolute atomic E-state index is 0.0283. The smallest absolute Gasteiger partial charge is 0.237 e. The molecule has 0 radical (unpaired) electrons. The largest absolute Gasteiger partial charge is 0.473 e. The van der Waals surface area contributed by atoms with Crippen LogP contribution in [-0.4, -0.2) is 34.1 Å². The molecule has 6 heteroatoms. The number of ether oxygens (including phenoxy) is 1. The third-order valence-corrected chi connectivity index (χ3v) is 8.14. The van der Waals surface area contributed by atoms with Gasteiger partial charge in [-0.1, -0.05) is 60.7 Å². The molecular weight excluding hydrogens is 476 g/mol. The quantitative estimate of drug-likeness (QED) is 0.300. The van der Waals surface area contributed by atoms with Gasteiger partial charge in [0.05, 0.1) is 5.69 Å². The van der Waals surface area contributed by atoms with Gasteiger partial charge in [-0.05, 0) is 85.5 Å². The van der Waals surface area contributed by atoms with Crippen LogP contribution in [-0.2, 0) is 6.54 Å². The van der Waals surface area contributed by atoms with Crippen LogP contribution in [0.2, 0.25) is 0 Å². The van der Waals surface area contributed by atoms with Crippen molar-refractivity contribution in [1.29, 1.82) is 0 Å². The molecule has 3 heterocycles. The van der Waals surface area contributed by atoms with Gasteiger partial charge in [0, 0.05) is 29.6 Å². The number of hydrogen-bond donors (Lipinski definition) is 1. The average Bonchev–Trinajstić information content (AvgIpc) is 3.09. The first-order valence-electron chi connectivity index (χ1n) is 13.0. The summed E-state index contributed by atoms with van der Waals surface area (Å²) in [5, 5.41) is 0. The van der Waals surface area contributed by atoms with Gasteiger partial charge in [0.2, 0.25) is 11.8 Å². The maximum absolute atomic E-state index is 6.72. The fraction of sp³-hybridized carbons (Fsp3) is 0.290. The van der Waals surface area contributed by atoms with Crippen molar-refractivity contribution in [2.24, 2.45) is 0 Å². The summed E-state index contributed by atoms with van der Waals surface area (Å²) < 4.78 is 10.1. The Morgan fingerprint density at radius 1 is 0.946 bits per heavy atom. The van der Waals surface area contributed by atoms with Gasteiger partial charge in [0.25, 0.3) is 0 Å². The number of rotatable bonds is 3. The van der Waals surface area contributed by atoms with Gasteiger partial charge in [-0.15, -0.1) is 0 Å². The van der Waals surface area contributed by atoms with Crippen LogP contribution in [0, 0.1) is 13.8 Å². The molecule has 37 heavy (non-hydrogen) atoms. The van der Waals surface area contributed by atoms with Crippen LogP contribution in [0.15, 0.2) is 83.8 Å². The van der Waals surface area contributed by atoms with Crippen molar-refractivity contribution in [2.45, 2.75) is 50.2 Å². The van der Waals surface area contributed by atoms with Crippen LogP contribution >= 0.6 is 11.9 Å². The summed E-state index contributed by atoms with van der Waals surface area (Å²) in [4.78, 5) is 13.4. The summed E-state index contributed by atoms with van der Waals surface area (Å²) in [5.41, 5.74) is 7.13. The molecule has 188 valence electrons. The van der Waals surface area contributed by atoms with Crippen molar-refractivity contribution in [1.82, 2.24) is 14.9 Å². The number of benzene rings is 3. The zero-order chi connectivity index (χ0) is 25.2. The first kappa shape index (κ1) is 24.0. The summed E-state index contributed by atoms with van der Waals surface area (Å²) in [6.07, 6.45) is 2.10. The fourth-order valence-corrected chi connectivity index (χ4v) is 6.23. The third-order valence-electron chi connectivity index (χ3n) is 7.37. The minimum atomic E-state index is 0.0283. The van der Waals surface area contributed by atoms with Crippen molar-refractivity contribution in [3.05, 3.63) is 101 Å². The second kappa shape index (κ2) is 10.6. The lowest BCUT2D eigenvalue weighted by atomic mass is 9.91. The molecule has 1 aromatic heterocycles. The summed E-state index contributed by atoms with van der Waals surface area (Å²) in [6, 6.07) is 28.0. The van der Waals surface area contributed by atoms with E-state index in [0.717, 1.165) is 43.7 Å². The summed E-state index contributed by atoms with van der Waals surface area (Å²) in [6.45, 7) is 7.10. The molecule has 6 bridgehead atoms. The van der Waals surface area contributed by atoms with Gasteiger partial charge in [0.1, 0.15) is 6.10 Å². The van der Waals surface area contributed by atoms with Gasteiger partial charge >= 0.3 is 0 Å². The number of anilines is 1. The van der Waals surface area contributed by atoms with Crippen LogP contribution in [0.5, 0.6) is 5.88 Å². The van der Waals surface area contributed by atoms with E-state index in [0.29, 0.717) is 17.7 Å². The van der Waals surface area contributed by atoms with Crippen molar-refractivity contribution in [2.75, 3.05) is 17.8 Å². The third kappa shape index (κ3) is 5.50. The van der Waals surface area contributed by atoms with E-state index in [4.69, 9.17) is 14.7 Å². The summed E-state index contributed by atoms with van der Waals surface area (Å²) in [7, 11) is 0. The molecule has 4 aromatic rings. The van der Waals surface area contributed by atoms with Crippen molar-refractivity contribution < 1.29 is 4.74 Å². The van der Waals surface area contributed by atoms with Gasteiger partial charge in [-0.2, -0.15) is 4.98 Å². The summed E-state index contributed by atoms with van der Waals surface area (Å²) in [5.74, 6) is 1.63. The average molecular weight is 509 g/mol. The number of nitrogens with one attached hydrogen (secondary N) is 1. The molecule has 0 spiro atoms. The molecule has 0 saturated carbocycles. The van der Waals surface area contributed by atoms with E-state index in [1.807, 2.05) is 6.07 Å². The molecule has 5 nitrogen and oxygen atoms in total. The Kier molecular flexibility index (Phi) is 6.85. The SMILES string of the molecule is Cc1cccc(C)c1-c1cc2nc(n1)NSc1cccc(c1)C1CCN(Cc3ccccc3)C[C@@H](C1)O2. The molecule has 1 N–H and O–H groups in total. The van der Waals surface area contributed by atoms with E-state index < -0.39 is 0 Å². The van der Waals surface area contributed by atoms with Crippen LogP contribution in [0.1, 0.15) is 41.0 Å². The van der Waals surface area contributed by atoms with Crippen LogP contribution < -0.4 is 9.46 Å². The predicted octanol–water partition coefficient (Wildman–Crippen LogP) is 7.02. The van der Waals surface area contributed by atoms with Gasteiger partial charge in [0.15, 0.2) is 0 Å². The van der Waals surface area contributed by atoms with Gasteiger partial charge in [-0.3, -0.25) is 9.62 Å².